The molecule has 2 heterocycles. The Hall–Kier alpha value is -3.04. The van der Waals surface area contributed by atoms with Gasteiger partial charge in [0.05, 0.1) is 11.3 Å². The minimum atomic E-state index is -4.68. The number of fused-ring (bicyclic) bond motifs is 1. The third-order valence-electron chi connectivity index (χ3n) is 8.26. The van der Waals surface area contributed by atoms with Gasteiger partial charge in [-0.3, -0.25) is 14.5 Å². The molecular weight excluding hydrogens is 541 g/mol. The summed E-state index contributed by atoms with van der Waals surface area (Å²) in [7, 11) is 0. The zero-order valence-corrected chi connectivity index (χ0v) is 23.4. The summed E-state index contributed by atoms with van der Waals surface area (Å²) in [6, 6.07) is 10.5. The summed E-state index contributed by atoms with van der Waals surface area (Å²) in [6.45, 7) is 3.89. The van der Waals surface area contributed by atoms with E-state index in [9.17, 15) is 22.8 Å². The SMILES string of the molecule is Cc1c[nH]c2cc(C(=O)N(CC(=O)NCC3CCN(C4CCCC4)CC3)c3ccccc3C(F)(F)F)ccc12.Cl. The minimum Gasteiger partial charge on any atom is -0.361 e. The normalized spacial score (nSPS) is 17.1. The summed E-state index contributed by atoms with van der Waals surface area (Å²) in [5.74, 6) is -0.826. The summed E-state index contributed by atoms with van der Waals surface area (Å²) in [4.78, 5) is 33.3. The molecule has 2 aliphatic rings. The van der Waals surface area contributed by atoms with Crippen LogP contribution in [0.5, 0.6) is 0 Å². The van der Waals surface area contributed by atoms with Crippen LogP contribution < -0.4 is 10.2 Å². The lowest BCUT2D eigenvalue weighted by atomic mass is 9.95. The first-order valence-electron chi connectivity index (χ1n) is 13.8. The van der Waals surface area contributed by atoms with Gasteiger partial charge in [-0.05, 0) is 81.4 Å². The van der Waals surface area contributed by atoms with Crippen LogP contribution in [-0.4, -0.2) is 53.9 Å². The lowest BCUT2D eigenvalue weighted by Crippen LogP contribution is -2.45. The summed E-state index contributed by atoms with van der Waals surface area (Å²) in [6.07, 6.45) is 4.21. The van der Waals surface area contributed by atoms with E-state index in [0.717, 1.165) is 47.8 Å². The molecule has 0 radical (unpaired) electrons. The molecule has 1 aliphatic carbocycles. The molecule has 2 aromatic carbocycles. The summed E-state index contributed by atoms with van der Waals surface area (Å²) in [5, 5.41) is 3.82. The number of amides is 2. The van der Waals surface area contributed by atoms with Crippen LogP contribution >= 0.6 is 12.4 Å². The highest BCUT2D eigenvalue weighted by molar-refractivity contribution is 6.10. The molecule has 40 heavy (non-hydrogen) atoms. The predicted molar refractivity (Wildman–Crippen MR) is 153 cm³/mol. The van der Waals surface area contributed by atoms with E-state index < -0.39 is 30.1 Å². The molecule has 2 amide bonds. The predicted octanol–water partition coefficient (Wildman–Crippen LogP) is 6.33. The Kier molecular flexibility index (Phi) is 9.46. The van der Waals surface area contributed by atoms with Crippen molar-refractivity contribution in [2.75, 3.05) is 31.1 Å². The Balaban J connectivity index is 0.00000370. The van der Waals surface area contributed by atoms with Gasteiger partial charge >= 0.3 is 6.18 Å². The molecular formula is C30H36ClF3N4O2. The van der Waals surface area contributed by atoms with Gasteiger partial charge in [-0.2, -0.15) is 13.2 Å². The number of anilines is 1. The molecule has 1 saturated heterocycles. The van der Waals surface area contributed by atoms with Gasteiger partial charge in [-0.1, -0.05) is 31.0 Å². The average Bonchev–Trinajstić information content (AvgIpc) is 3.60. The summed E-state index contributed by atoms with van der Waals surface area (Å²) >= 11 is 0. The fourth-order valence-corrected chi connectivity index (χ4v) is 6.02. The second-order valence-electron chi connectivity index (χ2n) is 10.9. The fraction of sp³-hybridized carbons (Fsp3) is 0.467. The standard InChI is InChI=1S/C30H35F3N4O2.ClH/c1-20-17-34-26-16-22(10-11-24(20)26)29(39)37(27-9-5-4-8-25(27)30(31,32)33)19-28(38)35-18-21-12-14-36(15-13-21)23-6-2-3-7-23;/h4-5,8-11,16-17,21,23,34H,2-3,6-7,12-15,18-19H2,1H3,(H,35,38);1H. The van der Waals surface area contributed by atoms with Crippen molar-refractivity contribution >= 4 is 40.8 Å². The maximum Gasteiger partial charge on any atom is 0.418 e. The molecule has 10 heteroatoms. The lowest BCUT2D eigenvalue weighted by Gasteiger charge is -2.36. The number of halogens is 4. The number of H-pyrrole nitrogens is 1. The third-order valence-corrected chi connectivity index (χ3v) is 8.26. The maximum atomic E-state index is 13.9. The highest BCUT2D eigenvalue weighted by Gasteiger charge is 2.36. The monoisotopic (exact) mass is 576 g/mol. The molecule has 6 nitrogen and oxygen atoms in total. The van der Waals surface area contributed by atoms with Crippen LogP contribution in [0.4, 0.5) is 18.9 Å². The molecule has 2 fully saturated rings. The van der Waals surface area contributed by atoms with Crippen molar-refractivity contribution in [3.63, 3.8) is 0 Å². The second kappa shape index (κ2) is 12.6. The minimum absolute atomic E-state index is 0. The molecule has 2 N–H and O–H groups in total. The fourth-order valence-electron chi connectivity index (χ4n) is 6.02. The molecule has 5 rings (SSSR count). The van der Waals surface area contributed by atoms with Crippen molar-refractivity contribution in [3.8, 4) is 0 Å². The first-order chi connectivity index (χ1) is 18.7. The highest BCUT2D eigenvalue weighted by atomic mass is 35.5. The number of hydrogen-bond acceptors (Lipinski definition) is 3. The average molecular weight is 577 g/mol. The molecule has 0 atom stereocenters. The number of likely N-dealkylation sites (tertiary alicyclic amines) is 1. The van der Waals surface area contributed by atoms with E-state index in [2.05, 4.69) is 15.2 Å². The van der Waals surface area contributed by atoms with Crippen LogP contribution in [0, 0.1) is 12.8 Å². The van der Waals surface area contributed by atoms with E-state index in [4.69, 9.17) is 0 Å². The van der Waals surface area contributed by atoms with Crippen molar-refractivity contribution in [1.82, 2.24) is 15.2 Å². The number of benzene rings is 2. The Bertz CT molecular complexity index is 1330. The first kappa shape index (κ1) is 29.9. The Morgan fingerprint density at radius 3 is 2.45 bits per heavy atom. The van der Waals surface area contributed by atoms with Crippen molar-refractivity contribution in [2.45, 2.75) is 57.7 Å². The van der Waals surface area contributed by atoms with Gasteiger partial charge in [0.15, 0.2) is 0 Å². The van der Waals surface area contributed by atoms with Crippen molar-refractivity contribution in [3.05, 3.63) is 65.4 Å². The van der Waals surface area contributed by atoms with Crippen molar-refractivity contribution in [2.24, 2.45) is 5.92 Å². The van der Waals surface area contributed by atoms with Crippen LogP contribution in [0.1, 0.15) is 60.0 Å². The van der Waals surface area contributed by atoms with E-state index in [1.807, 2.05) is 6.92 Å². The molecule has 0 unspecified atom stereocenters. The number of hydrogen-bond donors (Lipinski definition) is 2. The number of aromatic nitrogens is 1. The topological polar surface area (TPSA) is 68.4 Å². The van der Waals surface area contributed by atoms with Gasteiger partial charge in [-0.25, -0.2) is 0 Å². The Morgan fingerprint density at radius 2 is 1.75 bits per heavy atom. The molecule has 3 aromatic rings. The number of carbonyl (C=O) groups is 2. The number of rotatable bonds is 7. The van der Waals surface area contributed by atoms with Crippen molar-refractivity contribution < 1.29 is 22.8 Å². The number of aryl methyl sites for hydroxylation is 1. The molecule has 1 aliphatic heterocycles. The number of aromatic amines is 1. The quantitative estimate of drug-likeness (QED) is 0.345. The van der Waals surface area contributed by atoms with Crippen LogP contribution in [0.25, 0.3) is 10.9 Å². The first-order valence-corrected chi connectivity index (χ1v) is 13.8. The number of para-hydroxylation sites is 1. The maximum absolute atomic E-state index is 13.9. The molecule has 216 valence electrons. The van der Waals surface area contributed by atoms with Crippen LogP contribution in [-0.2, 0) is 11.0 Å². The smallest absolute Gasteiger partial charge is 0.361 e. The molecule has 0 bridgehead atoms. The highest BCUT2D eigenvalue weighted by Crippen LogP contribution is 2.37. The second-order valence-corrected chi connectivity index (χ2v) is 10.9. The Morgan fingerprint density at radius 1 is 1.05 bits per heavy atom. The summed E-state index contributed by atoms with van der Waals surface area (Å²) in [5.41, 5.74) is 0.612. The summed E-state index contributed by atoms with van der Waals surface area (Å²) < 4.78 is 41.7. The van der Waals surface area contributed by atoms with Gasteiger partial charge in [0.25, 0.3) is 5.91 Å². The zero-order valence-electron chi connectivity index (χ0n) is 22.6. The zero-order chi connectivity index (χ0) is 27.6. The number of carbonyl (C=O) groups excluding carboxylic acids is 2. The van der Waals surface area contributed by atoms with E-state index in [1.54, 1.807) is 24.4 Å². The molecule has 1 aromatic heterocycles. The number of piperidine rings is 1. The van der Waals surface area contributed by atoms with E-state index in [1.165, 1.54) is 43.9 Å². The van der Waals surface area contributed by atoms with Gasteiger partial charge in [0.1, 0.15) is 6.54 Å². The number of alkyl halides is 3. The van der Waals surface area contributed by atoms with Crippen LogP contribution in [0.2, 0.25) is 0 Å². The van der Waals surface area contributed by atoms with Gasteiger partial charge in [-0.15, -0.1) is 12.4 Å². The largest absolute Gasteiger partial charge is 0.418 e. The van der Waals surface area contributed by atoms with Gasteiger partial charge in [0.2, 0.25) is 5.91 Å². The molecule has 0 spiro atoms. The van der Waals surface area contributed by atoms with Crippen molar-refractivity contribution in [1.29, 1.82) is 0 Å². The van der Waals surface area contributed by atoms with Crippen LogP contribution in [0.15, 0.2) is 48.7 Å². The van der Waals surface area contributed by atoms with E-state index in [-0.39, 0.29) is 23.7 Å². The number of nitrogens with one attached hydrogen (secondary N) is 2. The third kappa shape index (κ3) is 6.63. The lowest BCUT2D eigenvalue weighted by molar-refractivity contribution is -0.137. The Labute approximate surface area is 238 Å². The van der Waals surface area contributed by atoms with Crippen LogP contribution in [0.3, 0.4) is 0 Å². The van der Waals surface area contributed by atoms with Gasteiger partial charge < -0.3 is 15.2 Å². The number of nitrogens with zero attached hydrogens (tertiary/aromatic N) is 2. The molecule has 1 saturated carbocycles. The van der Waals surface area contributed by atoms with Gasteiger partial charge in [0, 0.05) is 35.2 Å². The van der Waals surface area contributed by atoms with E-state index in [0.29, 0.717) is 24.0 Å². The van der Waals surface area contributed by atoms with E-state index >= 15 is 0 Å².